The number of ether oxygens (including phenoxy) is 1. The highest BCUT2D eigenvalue weighted by Crippen LogP contribution is 2.32. The third-order valence-electron chi connectivity index (χ3n) is 5.43. The van der Waals surface area contributed by atoms with Crippen molar-refractivity contribution >= 4 is 43.6 Å². The van der Waals surface area contributed by atoms with Crippen LogP contribution >= 0.6 is 11.3 Å². The summed E-state index contributed by atoms with van der Waals surface area (Å²) < 4.78 is 8.28. The van der Waals surface area contributed by atoms with Gasteiger partial charge in [0.15, 0.2) is 5.13 Å². The Morgan fingerprint density at radius 1 is 1.06 bits per heavy atom. The molecule has 4 aromatic rings. The van der Waals surface area contributed by atoms with Crippen LogP contribution in [0.25, 0.3) is 21.3 Å². The highest BCUT2D eigenvalue weighted by atomic mass is 32.1. The number of fused-ring (bicyclic) bond motifs is 2. The average Bonchev–Trinajstić information content (AvgIpc) is 3.41. The van der Waals surface area contributed by atoms with Crippen molar-refractivity contribution in [3.63, 3.8) is 0 Å². The second kappa shape index (κ2) is 10.1. The summed E-state index contributed by atoms with van der Waals surface area (Å²) in [6, 6.07) is 13.5. The molecule has 0 N–H and O–H groups in total. The number of hydrogen-bond acceptors (Lipinski definition) is 7. The molecule has 0 aliphatic rings. The van der Waals surface area contributed by atoms with Gasteiger partial charge in [-0.3, -0.25) is 9.69 Å². The molecule has 9 heteroatoms. The van der Waals surface area contributed by atoms with Crippen LogP contribution in [0.4, 0.5) is 5.13 Å². The number of hydrogen-bond donors (Lipinski definition) is 0. The van der Waals surface area contributed by atoms with Crippen molar-refractivity contribution in [2.75, 3.05) is 37.7 Å². The molecule has 0 saturated carbocycles. The zero-order valence-electron chi connectivity index (χ0n) is 18.7. The molecule has 0 aliphatic heterocycles. The predicted octanol–water partition coefficient (Wildman–Crippen LogP) is 3.81. The van der Waals surface area contributed by atoms with Gasteiger partial charge in [-0.2, -0.15) is 0 Å². The predicted molar refractivity (Wildman–Crippen MR) is 128 cm³/mol. The summed E-state index contributed by atoms with van der Waals surface area (Å²) in [6.07, 6.45) is 0. The molecule has 0 unspecified atom stereocenters. The van der Waals surface area contributed by atoms with Crippen LogP contribution in [0.15, 0.2) is 42.5 Å². The third-order valence-corrected chi connectivity index (χ3v) is 6.47. The van der Waals surface area contributed by atoms with Gasteiger partial charge in [0, 0.05) is 13.1 Å². The molecule has 2 heterocycles. The fourth-order valence-electron chi connectivity index (χ4n) is 3.62. The maximum atomic E-state index is 13.5. The summed E-state index contributed by atoms with van der Waals surface area (Å²) in [7, 11) is 0. The van der Waals surface area contributed by atoms with Crippen LogP contribution in [0.5, 0.6) is 5.75 Å². The third kappa shape index (κ3) is 4.73. The summed E-state index contributed by atoms with van der Waals surface area (Å²) in [5.41, 5.74) is 2.48. The number of rotatable bonds is 10. The van der Waals surface area contributed by atoms with Crippen LogP contribution in [0.3, 0.4) is 0 Å². The van der Waals surface area contributed by atoms with Crippen LogP contribution in [0.1, 0.15) is 20.8 Å². The van der Waals surface area contributed by atoms with E-state index in [1.807, 2.05) is 49.4 Å². The van der Waals surface area contributed by atoms with E-state index >= 15 is 0 Å². The van der Waals surface area contributed by atoms with Crippen molar-refractivity contribution in [2.24, 2.45) is 0 Å². The minimum atomic E-state index is -0.0584. The van der Waals surface area contributed by atoms with Crippen molar-refractivity contribution in [1.82, 2.24) is 24.9 Å². The molecule has 0 saturated heterocycles. The molecule has 0 radical (unpaired) electrons. The summed E-state index contributed by atoms with van der Waals surface area (Å²) in [5, 5.41) is 9.05. The standard InChI is InChI=1S/C23H28N6O2S/c1-4-27(5-2)13-14-28(22(30)16-29-20-10-8-7-9-18(20)25-26-29)23-24-19-12-11-17(31-6-3)15-21(19)32-23/h7-12,15H,4-6,13-14,16H2,1-3H3. The van der Waals surface area contributed by atoms with Crippen LogP contribution < -0.4 is 9.64 Å². The van der Waals surface area contributed by atoms with Crippen molar-refractivity contribution in [1.29, 1.82) is 0 Å². The molecule has 0 aliphatic carbocycles. The lowest BCUT2D eigenvalue weighted by Crippen LogP contribution is -2.40. The lowest BCUT2D eigenvalue weighted by molar-refractivity contribution is -0.119. The van der Waals surface area contributed by atoms with Gasteiger partial charge in [0.05, 0.1) is 22.3 Å². The van der Waals surface area contributed by atoms with E-state index in [0.29, 0.717) is 18.3 Å². The van der Waals surface area contributed by atoms with Gasteiger partial charge in [0.25, 0.3) is 5.91 Å². The number of para-hydroxylation sites is 1. The van der Waals surface area contributed by atoms with E-state index in [-0.39, 0.29) is 12.5 Å². The number of nitrogens with zero attached hydrogens (tertiary/aromatic N) is 6. The highest BCUT2D eigenvalue weighted by Gasteiger charge is 2.22. The van der Waals surface area contributed by atoms with Crippen molar-refractivity contribution in [3.8, 4) is 5.75 Å². The molecule has 1 amide bonds. The molecule has 0 fully saturated rings. The number of carbonyl (C=O) groups excluding carboxylic acids is 1. The normalized spacial score (nSPS) is 11.5. The number of thiazole rings is 1. The first-order chi connectivity index (χ1) is 15.6. The fourth-order valence-corrected chi connectivity index (χ4v) is 4.66. The number of aromatic nitrogens is 4. The number of amides is 1. The maximum absolute atomic E-state index is 13.5. The number of likely N-dealkylation sites (N-methyl/N-ethyl adjacent to an activating group) is 1. The van der Waals surface area contributed by atoms with E-state index in [1.54, 1.807) is 9.58 Å². The molecule has 2 aromatic heterocycles. The zero-order valence-corrected chi connectivity index (χ0v) is 19.5. The van der Waals surface area contributed by atoms with E-state index in [2.05, 4.69) is 29.1 Å². The lowest BCUT2D eigenvalue weighted by Gasteiger charge is -2.24. The first kappa shape index (κ1) is 22.2. The van der Waals surface area contributed by atoms with Crippen molar-refractivity contribution in [2.45, 2.75) is 27.3 Å². The molecule has 4 rings (SSSR count). The number of anilines is 1. The van der Waals surface area contributed by atoms with Gasteiger partial charge in [0.2, 0.25) is 0 Å². The molecule has 0 atom stereocenters. The molecule has 2 aromatic carbocycles. The van der Waals surface area contributed by atoms with E-state index in [4.69, 9.17) is 9.72 Å². The monoisotopic (exact) mass is 452 g/mol. The van der Waals surface area contributed by atoms with Gasteiger partial charge >= 0.3 is 0 Å². The van der Waals surface area contributed by atoms with E-state index in [0.717, 1.165) is 46.6 Å². The summed E-state index contributed by atoms with van der Waals surface area (Å²) in [6.45, 7) is 10.1. The van der Waals surface area contributed by atoms with Crippen molar-refractivity contribution < 1.29 is 9.53 Å². The second-order valence-electron chi connectivity index (χ2n) is 7.37. The van der Waals surface area contributed by atoms with Gasteiger partial charge in [-0.05, 0) is 50.3 Å². The highest BCUT2D eigenvalue weighted by molar-refractivity contribution is 7.22. The number of carbonyl (C=O) groups is 1. The van der Waals surface area contributed by atoms with Crippen LogP contribution in [0, 0.1) is 0 Å². The average molecular weight is 453 g/mol. The Labute approximate surface area is 191 Å². The molecular weight excluding hydrogens is 424 g/mol. The Hall–Kier alpha value is -3.04. The second-order valence-corrected chi connectivity index (χ2v) is 8.38. The first-order valence-corrected chi connectivity index (χ1v) is 11.8. The Bertz CT molecular complexity index is 1200. The zero-order chi connectivity index (χ0) is 22.5. The summed E-state index contributed by atoms with van der Waals surface area (Å²) >= 11 is 1.51. The van der Waals surface area contributed by atoms with Crippen LogP contribution in [-0.2, 0) is 11.3 Å². The quantitative estimate of drug-likeness (QED) is 0.364. The largest absolute Gasteiger partial charge is 0.494 e. The molecule has 0 spiro atoms. The first-order valence-electron chi connectivity index (χ1n) is 11.0. The minimum absolute atomic E-state index is 0.0584. The van der Waals surface area contributed by atoms with Gasteiger partial charge in [0.1, 0.15) is 17.8 Å². The van der Waals surface area contributed by atoms with E-state index in [9.17, 15) is 4.79 Å². The molecule has 32 heavy (non-hydrogen) atoms. The van der Waals surface area contributed by atoms with Gasteiger partial charge in [-0.1, -0.05) is 42.5 Å². The summed E-state index contributed by atoms with van der Waals surface area (Å²) in [4.78, 5) is 22.3. The van der Waals surface area contributed by atoms with Gasteiger partial charge in [-0.25, -0.2) is 9.67 Å². The lowest BCUT2D eigenvalue weighted by atomic mass is 10.3. The maximum Gasteiger partial charge on any atom is 0.250 e. The Balaban J connectivity index is 1.63. The SMILES string of the molecule is CCOc1ccc2nc(N(CCN(CC)CC)C(=O)Cn3nnc4ccccc43)sc2c1. The van der Waals surface area contributed by atoms with Crippen LogP contribution in [-0.4, -0.2) is 63.6 Å². The Morgan fingerprint density at radius 3 is 2.66 bits per heavy atom. The molecule has 168 valence electrons. The fraction of sp³-hybridized carbons (Fsp3) is 0.391. The topological polar surface area (TPSA) is 76.4 Å². The van der Waals surface area contributed by atoms with Crippen molar-refractivity contribution in [3.05, 3.63) is 42.5 Å². The number of benzene rings is 2. The van der Waals surface area contributed by atoms with Gasteiger partial charge < -0.3 is 9.64 Å². The Kier molecular flexibility index (Phi) is 6.96. The van der Waals surface area contributed by atoms with E-state index in [1.165, 1.54) is 11.3 Å². The smallest absolute Gasteiger partial charge is 0.250 e. The molecule has 0 bridgehead atoms. The minimum Gasteiger partial charge on any atom is -0.494 e. The van der Waals surface area contributed by atoms with Crippen LogP contribution in [0.2, 0.25) is 0 Å². The summed E-state index contributed by atoms with van der Waals surface area (Å²) in [5.74, 6) is 0.752. The molecule has 8 nitrogen and oxygen atoms in total. The Morgan fingerprint density at radius 2 is 1.88 bits per heavy atom. The van der Waals surface area contributed by atoms with E-state index < -0.39 is 0 Å². The van der Waals surface area contributed by atoms with Gasteiger partial charge in [-0.15, -0.1) is 5.10 Å². The molecular formula is C23H28N6O2S.